The van der Waals surface area contributed by atoms with Crippen molar-refractivity contribution in [1.82, 2.24) is 4.90 Å². The van der Waals surface area contributed by atoms with Crippen molar-refractivity contribution in [1.29, 1.82) is 0 Å². The van der Waals surface area contributed by atoms with Crippen LogP contribution in [0.25, 0.3) is 0 Å². The lowest BCUT2D eigenvalue weighted by molar-refractivity contribution is -0.142. The summed E-state index contributed by atoms with van der Waals surface area (Å²) in [4.78, 5) is 13.1. The van der Waals surface area contributed by atoms with Crippen molar-refractivity contribution in [3.05, 3.63) is 22.6 Å². The summed E-state index contributed by atoms with van der Waals surface area (Å²) >= 11 is 3.25. The summed E-state index contributed by atoms with van der Waals surface area (Å²) in [6.45, 7) is 4.08. The Bertz CT molecular complexity index is 390. The molecule has 2 heterocycles. The third kappa shape index (κ3) is 2.47. The summed E-state index contributed by atoms with van der Waals surface area (Å²) in [6.07, 6.45) is 0. The van der Waals surface area contributed by atoms with Crippen LogP contribution >= 0.6 is 15.9 Å². The van der Waals surface area contributed by atoms with Gasteiger partial charge in [-0.1, -0.05) is 6.92 Å². The molecule has 0 radical (unpaired) electrons. The Morgan fingerprint density at radius 3 is 2.88 bits per heavy atom. The highest BCUT2D eigenvalue weighted by atomic mass is 79.9. The zero-order valence-electron chi connectivity index (χ0n) is 9.02. The number of carboxylic acids is 1. The van der Waals surface area contributed by atoms with Gasteiger partial charge >= 0.3 is 5.97 Å². The molecule has 0 bridgehead atoms. The van der Waals surface area contributed by atoms with E-state index in [1.54, 1.807) is 0 Å². The number of likely N-dealkylation sites (tertiary alicyclic amines) is 1. The molecule has 0 aliphatic carbocycles. The van der Waals surface area contributed by atoms with Crippen molar-refractivity contribution >= 4 is 21.9 Å². The smallest absolute Gasteiger partial charge is 0.308 e. The molecule has 88 valence electrons. The number of nitrogens with zero attached hydrogens (tertiary/aromatic N) is 1. The van der Waals surface area contributed by atoms with Crippen molar-refractivity contribution < 1.29 is 14.3 Å². The Morgan fingerprint density at radius 2 is 2.38 bits per heavy atom. The van der Waals surface area contributed by atoms with Gasteiger partial charge in [0.2, 0.25) is 0 Å². The molecule has 0 amide bonds. The van der Waals surface area contributed by atoms with E-state index >= 15 is 0 Å². The van der Waals surface area contributed by atoms with Gasteiger partial charge in [0.25, 0.3) is 0 Å². The summed E-state index contributed by atoms with van der Waals surface area (Å²) in [7, 11) is 0. The van der Waals surface area contributed by atoms with Crippen LogP contribution < -0.4 is 0 Å². The number of furan rings is 1. The van der Waals surface area contributed by atoms with Gasteiger partial charge in [-0.25, -0.2) is 0 Å². The third-order valence-electron chi connectivity index (χ3n) is 3.01. The second-order valence-electron chi connectivity index (χ2n) is 4.32. The summed E-state index contributed by atoms with van der Waals surface area (Å²) in [5, 5.41) is 9.01. The molecule has 1 aliphatic rings. The van der Waals surface area contributed by atoms with E-state index in [2.05, 4.69) is 20.8 Å². The number of rotatable bonds is 3. The average Bonchev–Trinajstić information content (AvgIpc) is 2.73. The van der Waals surface area contributed by atoms with Crippen LogP contribution in [-0.2, 0) is 11.3 Å². The Kier molecular flexibility index (Phi) is 3.35. The fourth-order valence-corrected chi connectivity index (χ4v) is 2.51. The molecule has 0 spiro atoms. The SMILES string of the molecule is CC1CN(Cc2ccc(Br)o2)CC1C(=O)O. The molecular formula is C11H14BrNO3. The molecule has 2 atom stereocenters. The topological polar surface area (TPSA) is 53.7 Å². The summed E-state index contributed by atoms with van der Waals surface area (Å²) in [5.74, 6) is 0.120. The number of halogens is 1. The normalized spacial score (nSPS) is 26.1. The first kappa shape index (κ1) is 11.7. The largest absolute Gasteiger partial charge is 0.481 e. The van der Waals surface area contributed by atoms with Crippen LogP contribution in [0.1, 0.15) is 12.7 Å². The van der Waals surface area contributed by atoms with Gasteiger partial charge in [-0.15, -0.1) is 0 Å². The van der Waals surface area contributed by atoms with Crippen LogP contribution in [0.15, 0.2) is 21.2 Å². The Hall–Kier alpha value is -0.810. The van der Waals surface area contributed by atoms with Crippen LogP contribution in [0.3, 0.4) is 0 Å². The molecule has 1 aromatic rings. The molecule has 0 aromatic carbocycles. The van der Waals surface area contributed by atoms with E-state index in [1.165, 1.54) is 0 Å². The number of aliphatic carboxylic acids is 1. The predicted molar refractivity (Wildman–Crippen MR) is 62.0 cm³/mol. The fraction of sp³-hybridized carbons (Fsp3) is 0.545. The molecule has 1 N–H and O–H groups in total. The maximum absolute atomic E-state index is 11.0. The molecule has 1 aliphatic heterocycles. The highest BCUT2D eigenvalue weighted by molar-refractivity contribution is 9.10. The molecule has 1 aromatic heterocycles. The molecule has 1 saturated heterocycles. The van der Waals surface area contributed by atoms with Gasteiger partial charge in [0.15, 0.2) is 4.67 Å². The number of carbonyl (C=O) groups is 1. The minimum Gasteiger partial charge on any atom is -0.481 e. The van der Waals surface area contributed by atoms with Gasteiger partial charge < -0.3 is 9.52 Å². The van der Waals surface area contributed by atoms with E-state index in [-0.39, 0.29) is 11.8 Å². The maximum Gasteiger partial charge on any atom is 0.308 e. The summed E-state index contributed by atoms with van der Waals surface area (Å²) < 4.78 is 6.12. The first-order valence-electron chi connectivity index (χ1n) is 5.25. The monoisotopic (exact) mass is 287 g/mol. The van der Waals surface area contributed by atoms with Gasteiger partial charge in [0.05, 0.1) is 12.5 Å². The molecule has 4 nitrogen and oxygen atoms in total. The van der Waals surface area contributed by atoms with E-state index in [0.29, 0.717) is 17.8 Å². The number of carboxylic acid groups (broad SMARTS) is 1. The van der Waals surface area contributed by atoms with Crippen LogP contribution in [0.5, 0.6) is 0 Å². The molecule has 16 heavy (non-hydrogen) atoms. The average molecular weight is 288 g/mol. The van der Waals surface area contributed by atoms with Gasteiger partial charge in [-0.05, 0) is 34.0 Å². The first-order valence-corrected chi connectivity index (χ1v) is 6.05. The lowest BCUT2D eigenvalue weighted by atomic mass is 9.99. The molecule has 1 fully saturated rings. The van der Waals surface area contributed by atoms with Crippen molar-refractivity contribution in [3.8, 4) is 0 Å². The van der Waals surface area contributed by atoms with Crippen molar-refractivity contribution in [2.24, 2.45) is 11.8 Å². The number of hydrogen-bond acceptors (Lipinski definition) is 3. The fourth-order valence-electron chi connectivity index (χ4n) is 2.17. The second-order valence-corrected chi connectivity index (χ2v) is 5.10. The van der Waals surface area contributed by atoms with E-state index < -0.39 is 5.97 Å². The highest BCUT2D eigenvalue weighted by Crippen LogP contribution is 2.25. The summed E-state index contributed by atoms with van der Waals surface area (Å²) in [5.41, 5.74) is 0. The first-order chi connectivity index (χ1) is 7.56. The van der Waals surface area contributed by atoms with Crippen molar-refractivity contribution in [3.63, 3.8) is 0 Å². The van der Waals surface area contributed by atoms with Crippen molar-refractivity contribution in [2.75, 3.05) is 13.1 Å². The highest BCUT2D eigenvalue weighted by Gasteiger charge is 2.34. The van der Waals surface area contributed by atoms with E-state index in [0.717, 1.165) is 12.3 Å². The minimum atomic E-state index is -0.698. The molecule has 5 heteroatoms. The van der Waals surface area contributed by atoms with Crippen LogP contribution in [0.2, 0.25) is 0 Å². The Labute approximate surface area is 102 Å². The molecular weight excluding hydrogens is 274 g/mol. The number of hydrogen-bond donors (Lipinski definition) is 1. The van der Waals surface area contributed by atoms with Gasteiger partial charge in [0, 0.05) is 13.1 Å². The zero-order chi connectivity index (χ0) is 11.7. The van der Waals surface area contributed by atoms with E-state index in [4.69, 9.17) is 9.52 Å². The van der Waals surface area contributed by atoms with E-state index in [1.807, 2.05) is 19.1 Å². The lowest BCUT2D eigenvalue weighted by Crippen LogP contribution is -2.22. The van der Waals surface area contributed by atoms with Gasteiger partial charge in [-0.3, -0.25) is 9.69 Å². The molecule has 0 saturated carbocycles. The molecule has 2 rings (SSSR count). The minimum absolute atomic E-state index is 0.205. The van der Waals surface area contributed by atoms with Gasteiger partial charge in [-0.2, -0.15) is 0 Å². The lowest BCUT2D eigenvalue weighted by Gasteiger charge is -2.12. The maximum atomic E-state index is 11.0. The van der Waals surface area contributed by atoms with Crippen LogP contribution in [-0.4, -0.2) is 29.1 Å². The molecule has 2 unspecified atom stereocenters. The quantitative estimate of drug-likeness (QED) is 0.926. The Balaban J connectivity index is 1.96. The van der Waals surface area contributed by atoms with Gasteiger partial charge in [0.1, 0.15) is 5.76 Å². The zero-order valence-corrected chi connectivity index (χ0v) is 10.6. The van der Waals surface area contributed by atoms with E-state index in [9.17, 15) is 4.79 Å². The summed E-state index contributed by atoms with van der Waals surface area (Å²) in [6, 6.07) is 3.76. The Morgan fingerprint density at radius 1 is 1.62 bits per heavy atom. The predicted octanol–water partition coefficient (Wildman–Crippen LogP) is 2.19. The standard InChI is InChI=1S/C11H14BrNO3/c1-7-4-13(6-9(7)11(14)15)5-8-2-3-10(12)16-8/h2-3,7,9H,4-6H2,1H3,(H,14,15). The van der Waals surface area contributed by atoms with Crippen molar-refractivity contribution in [2.45, 2.75) is 13.5 Å². The third-order valence-corrected chi connectivity index (χ3v) is 3.44. The van der Waals surface area contributed by atoms with Crippen LogP contribution in [0, 0.1) is 11.8 Å². The second kappa shape index (κ2) is 4.59. The van der Waals surface area contributed by atoms with Crippen LogP contribution in [0.4, 0.5) is 0 Å².